The number of carbonyl (C=O) groups excluding carboxylic acids is 1. The van der Waals surface area contributed by atoms with E-state index in [0.717, 1.165) is 16.7 Å². The number of pyridine rings is 1. The van der Waals surface area contributed by atoms with Crippen LogP contribution in [-0.4, -0.2) is 33.9 Å². The normalized spacial score (nSPS) is 11.4. The van der Waals surface area contributed by atoms with E-state index >= 15 is 0 Å². The van der Waals surface area contributed by atoms with Crippen molar-refractivity contribution in [3.63, 3.8) is 0 Å². The summed E-state index contributed by atoms with van der Waals surface area (Å²) in [5.74, 6) is 6.24. The summed E-state index contributed by atoms with van der Waals surface area (Å²) in [7, 11) is 1.60. The fourth-order valence-electron chi connectivity index (χ4n) is 2.65. The quantitative estimate of drug-likeness (QED) is 0.649. The van der Waals surface area contributed by atoms with Gasteiger partial charge in [0.05, 0.1) is 23.9 Å². The lowest BCUT2D eigenvalue weighted by atomic mass is 10.1. The smallest absolute Gasteiger partial charge is 0.276 e. The summed E-state index contributed by atoms with van der Waals surface area (Å²) < 4.78 is 6.77. The molecule has 0 aliphatic carbocycles. The van der Waals surface area contributed by atoms with Crippen LogP contribution in [0.25, 0.3) is 0 Å². The van der Waals surface area contributed by atoms with Crippen LogP contribution in [0.5, 0.6) is 0 Å². The van der Waals surface area contributed by atoms with Crippen molar-refractivity contribution in [2.24, 2.45) is 0 Å². The van der Waals surface area contributed by atoms with Gasteiger partial charge in [-0.3, -0.25) is 9.48 Å². The van der Waals surface area contributed by atoms with Gasteiger partial charge in [-0.25, -0.2) is 4.98 Å². The first-order valence-corrected chi connectivity index (χ1v) is 9.45. The molecule has 1 aromatic carbocycles. The Kier molecular flexibility index (Phi) is 6.65. The summed E-state index contributed by atoms with van der Waals surface area (Å²) in [6, 6.07) is 11.6. The number of aryl methyl sites for hydroxylation is 1. The maximum atomic E-state index is 12.8. The van der Waals surface area contributed by atoms with E-state index in [1.54, 1.807) is 13.3 Å². The molecule has 3 rings (SSSR count). The van der Waals surface area contributed by atoms with E-state index in [2.05, 4.69) is 27.2 Å². The molecule has 0 aliphatic rings. The number of halogens is 1. The molecule has 0 saturated heterocycles. The van der Waals surface area contributed by atoms with Crippen LogP contribution in [0, 0.1) is 18.8 Å². The number of rotatable bonds is 5. The summed E-state index contributed by atoms with van der Waals surface area (Å²) >= 11 is 6.17. The van der Waals surface area contributed by atoms with Crippen molar-refractivity contribution in [2.75, 3.05) is 12.4 Å². The minimum Gasteiger partial charge on any atom is -0.380 e. The van der Waals surface area contributed by atoms with E-state index in [1.165, 1.54) is 10.9 Å². The van der Waals surface area contributed by atoms with Crippen LogP contribution in [0.3, 0.4) is 0 Å². The molecule has 1 unspecified atom stereocenters. The lowest BCUT2D eigenvalue weighted by molar-refractivity contribution is 0.0939. The van der Waals surface area contributed by atoms with Gasteiger partial charge in [-0.05, 0) is 37.6 Å². The molecule has 2 heterocycles. The third kappa shape index (κ3) is 5.23. The number of aromatic nitrogens is 3. The Morgan fingerprint density at radius 3 is 2.66 bits per heavy atom. The van der Waals surface area contributed by atoms with Crippen molar-refractivity contribution in [3.05, 3.63) is 76.2 Å². The first-order chi connectivity index (χ1) is 14.0. The summed E-state index contributed by atoms with van der Waals surface area (Å²) in [5.41, 5.74) is 2.76. The number of anilines is 1. The van der Waals surface area contributed by atoms with Crippen molar-refractivity contribution < 1.29 is 9.53 Å². The molecule has 3 aromatic rings. The Hall–Kier alpha value is -3.14. The van der Waals surface area contributed by atoms with Crippen LogP contribution in [-0.2, 0) is 11.3 Å². The summed E-state index contributed by atoms with van der Waals surface area (Å²) in [6.45, 7) is 4.16. The predicted molar refractivity (Wildman–Crippen MR) is 113 cm³/mol. The van der Waals surface area contributed by atoms with Gasteiger partial charge >= 0.3 is 0 Å². The highest BCUT2D eigenvalue weighted by atomic mass is 35.5. The van der Waals surface area contributed by atoms with Crippen LogP contribution < -0.4 is 5.32 Å². The van der Waals surface area contributed by atoms with Crippen molar-refractivity contribution >= 4 is 23.3 Å². The van der Waals surface area contributed by atoms with E-state index in [1.807, 2.05) is 50.2 Å². The second-order valence-corrected chi connectivity index (χ2v) is 6.94. The molecule has 0 fully saturated rings. The summed E-state index contributed by atoms with van der Waals surface area (Å²) in [4.78, 5) is 17.1. The van der Waals surface area contributed by atoms with Gasteiger partial charge in [-0.15, -0.1) is 0 Å². The van der Waals surface area contributed by atoms with Crippen LogP contribution >= 0.6 is 11.6 Å². The average molecular weight is 409 g/mol. The van der Waals surface area contributed by atoms with Gasteiger partial charge < -0.3 is 10.1 Å². The van der Waals surface area contributed by atoms with E-state index in [0.29, 0.717) is 12.4 Å². The summed E-state index contributed by atoms with van der Waals surface area (Å²) in [5, 5.41) is 7.24. The maximum absolute atomic E-state index is 12.8. The first kappa shape index (κ1) is 20.6. The van der Waals surface area contributed by atoms with Gasteiger partial charge in [0.1, 0.15) is 11.5 Å². The Morgan fingerprint density at radius 2 is 1.97 bits per heavy atom. The number of nitrogens with zero attached hydrogens (tertiary/aromatic N) is 3. The zero-order valence-corrected chi connectivity index (χ0v) is 17.2. The van der Waals surface area contributed by atoms with E-state index < -0.39 is 0 Å². The zero-order chi connectivity index (χ0) is 20.8. The number of amides is 1. The van der Waals surface area contributed by atoms with Crippen molar-refractivity contribution in [2.45, 2.75) is 26.5 Å². The fourth-order valence-corrected chi connectivity index (χ4v) is 2.88. The Bertz CT molecular complexity index is 1070. The first-order valence-electron chi connectivity index (χ1n) is 9.07. The minimum atomic E-state index is -0.380. The second-order valence-electron chi connectivity index (χ2n) is 6.53. The lowest BCUT2D eigenvalue weighted by Crippen LogP contribution is -2.23. The molecule has 7 heteroatoms. The van der Waals surface area contributed by atoms with Crippen molar-refractivity contribution in [1.29, 1.82) is 0 Å². The van der Waals surface area contributed by atoms with E-state index in [9.17, 15) is 4.79 Å². The number of nitrogens with one attached hydrogen (secondary N) is 1. The third-order valence-electron chi connectivity index (χ3n) is 4.28. The van der Waals surface area contributed by atoms with Gasteiger partial charge in [-0.2, -0.15) is 5.10 Å². The molecule has 0 radical (unpaired) electrons. The van der Waals surface area contributed by atoms with Gasteiger partial charge in [0.2, 0.25) is 0 Å². The Morgan fingerprint density at radius 1 is 1.24 bits per heavy atom. The number of ether oxygens (including phenoxy) is 1. The van der Waals surface area contributed by atoms with Gasteiger partial charge in [0, 0.05) is 24.4 Å². The average Bonchev–Trinajstić information content (AvgIpc) is 3.08. The van der Waals surface area contributed by atoms with Crippen LogP contribution in [0.4, 0.5) is 5.82 Å². The summed E-state index contributed by atoms with van der Waals surface area (Å²) in [6.07, 6.45) is 2.96. The third-order valence-corrected chi connectivity index (χ3v) is 4.55. The molecule has 29 heavy (non-hydrogen) atoms. The SMILES string of the molecule is COC(C)Cn1ncc(Cl)c1C(=O)Nc1ncc(C#Cc2ccccc2)cc1C. The number of benzene rings is 1. The Balaban J connectivity index is 1.77. The standard InChI is InChI=1S/C22H21ClN4O2/c1-15-11-18(10-9-17-7-5-4-6-8-17)12-24-21(15)26-22(28)20-19(23)13-25-27(20)14-16(2)29-3/h4-8,11-13,16H,14H2,1-3H3,(H,24,26,28). The number of methoxy groups -OCH3 is 1. The lowest BCUT2D eigenvalue weighted by Gasteiger charge is -2.13. The topological polar surface area (TPSA) is 69.0 Å². The molecule has 1 amide bonds. The predicted octanol–water partition coefficient (Wildman–Crippen LogP) is 3.93. The molecule has 6 nitrogen and oxygen atoms in total. The van der Waals surface area contributed by atoms with Gasteiger partial charge in [0.15, 0.2) is 0 Å². The molecular formula is C22H21ClN4O2. The zero-order valence-electron chi connectivity index (χ0n) is 16.4. The number of hydrogen-bond donors (Lipinski definition) is 1. The van der Waals surface area contributed by atoms with Crippen molar-refractivity contribution in [3.8, 4) is 11.8 Å². The second kappa shape index (κ2) is 9.37. The Labute approximate surface area is 174 Å². The van der Waals surface area contributed by atoms with Crippen LogP contribution in [0.15, 0.2) is 48.8 Å². The molecule has 148 valence electrons. The van der Waals surface area contributed by atoms with Crippen LogP contribution in [0.1, 0.15) is 34.1 Å². The monoisotopic (exact) mass is 408 g/mol. The number of hydrogen-bond acceptors (Lipinski definition) is 4. The largest absolute Gasteiger partial charge is 0.380 e. The molecule has 0 spiro atoms. The molecule has 2 aromatic heterocycles. The minimum absolute atomic E-state index is 0.111. The van der Waals surface area contributed by atoms with Crippen molar-refractivity contribution in [1.82, 2.24) is 14.8 Å². The fraction of sp³-hybridized carbons (Fsp3) is 0.227. The highest BCUT2D eigenvalue weighted by molar-refractivity contribution is 6.34. The highest BCUT2D eigenvalue weighted by Crippen LogP contribution is 2.19. The molecule has 0 aliphatic heterocycles. The molecule has 0 saturated carbocycles. The van der Waals surface area contributed by atoms with E-state index in [4.69, 9.17) is 16.3 Å². The molecule has 0 bridgehead atoms. The highest BCUT2D eigenvalue weighted by Gasteiger charge is 2.20. The molecule has 1 N–H and O–H groups in total. The molecular weight excluding hydrogens is 388 g/mol. The van der Waals surface area contributed by atoms with Gasteiger partial charge in [0.25, 0.3) is 5.91 Å². The van der Waals surface area contributed by atoms with Gasteiger partial charge in [-0.1, -0.05) is 41.6 Å². The van der Waals surface area contributed by atoms with E-state index in [-0.39, 0.29) is 22.7 Å². The number of carbonyl (C=O) groups is 1. The maximum Gasteiger partial charge on any atom is 0.276 e. The van der Waals surface area contributed by atoms with Crippen LogP contribution in [0.2, 0.25) is 5.02 Å². The molecule has 1 atom stereocenters.